The van der Waals surface area contributed by atoms with E-state index < -0.39 is 0 Å². The van der Waals surface area contributed by atoms with Crippen LogP contribution in [0.1, 0.15) is 16.9 Å². The van der Waals surface area contributed by atoms with E-state index in [1.807, 2.05) is 23.1 Å². The van der Waals surface area contributed by atoms with Crippen LogP contribution < -0.4 is 4.74 Å². The summed E-state index contributed by atoms with van der Waals surface area (Å²) in [5.41, 5.74) is 4.51. The number of H-pyrrole nitrogens is 1. The Morgan fingerprint density at radius 3 is 2.52 bits per heavy atom. The first kappa shape index (κ1) is 21.7. The minimum Gasteiger partial charge on any atom is -0.497 e. The standard InChI is InChI=1S/C27H29N3O2S/c1-32-21-10-8-20(9-11-21)27-24(23-6-2-3-7-25(23)28-27)12-13-26(31)30-16-14-29(15-17-30)19-22-5-4-18-33-22/h2-11,18,28H,12-17,19H2,1H3. The van der Waals surface area contributed by atoms with Gasteiger partial charge in [0.25, 0.3) is 0 Å². The number of aromatic nitrogens is 1. The second-order valence-electron chi connectivity index (χ2n) is 8.49. The summed E-state index contributed by atoms with van der Waals surface area (Å²) in [5, 5.41) is 3.32. The number of carbonyl (C=O) groups is 1. The second kappa shape index (κ2) is 9.81. The van der Waals surface area contributed by atoms with Crippen molar-refractivity contribution in [2.75, 3.05) is 33.3 Å². The van der Waals surface area contributed by atoms with Gasteiger partial charge in [-0.3, -0.25) is 9.69 Å². The van der Waals surface area contributed by atoms with Crippen molar-refractivity contribution in [3.05, 3.63) is 76.5 Å². The summed E-state index contributed by atoms with van der Waals surface area (Å²) < 4.78 is 5.31. The number of para-hydroxylation sites is 1. The summed E-state index contributed by atoms with van der Waals surface area (Å²) in [6.07, 6.45) is 1.25. The summed E-state index contributed by atoms with van der Waals surface area (Å²) in [6.45, 7) is 4.48. The molecule has 0 unspecified atom stereocenters. The molecule has 1 aliphatic heterocycles. The third-order valence-electron chi connectivity index (χ3n) is 6.47. The van der Waals surface area contributed by atoms with E-state index in [9.17, 15) is 4.79 Å². The summed E-state index contributed by atoms with van der Waals surface area (Å²) in [7, 11) is 1.68. The van der Waals surface area contributed by atoms with E-state index >= 15 is 0 Å². The van der Waals surface area contributed by atoms with E-state index in [2.05, 4.69) is 57.7 Å². The van der Waals surface area contributed by atoms with Crippen LogP contribution >= 0.6 is 11.3 Å². The van der Waals surface area contributed by atoms with Gasteiger partial charge in [-0.1, -0.05) is 24.3 Å². The number of hydrogen-bond donors (Lipinski definition) is 1. The maximum atomic E-state index is 13.1. The maximum Gasteiger partial charge on any atom is 0.222 e. The Morgan fingerprint density at radius 2 is 1.79 bits per heavy atom. The zero-order valence-corrected chi connectivity index (χ0v) is 19.7. The number of rotatable bonds is 7. The van der Waals surface area contributed by atoms with Gasteiger partial charge < -0.3 is 14.6 Å². The molecule has 6 heteroatoms. The molecule has 33 heavy (non-hydrogen) atoms. The predicted molar refractivity (Wildman–Crippen MR) is 135 cm³/mol. The van der Waals surface area contributed by atoms with Gasteiger partial charge in [0.05, 0.1) is 7.11 Å². The van der Waals surface area contributed by atoms with Crippen LogP contribution in [0.4, 0.5) is 0 Å². The first-order chi connectivity index (χ1) is 16.2. The number of aryl methyl sites for hydroxylation is 1. The monoisotopic (exact) mass is 459 g/mol. The van der Waals surface area contributed by atoms with Gasteiger partial charge in [0.1, 0.15) is 5.75 Å². The van der Waals surface area contributed by atoms with Crippen molar-refractivity contribution in [1.82, 2.24) is 14.8 Å². The molecule has 5 rings (SSSR count). The average molecular weight is 460 g/mol. The summed E-state index contributed by atoms with van der Waals surface area (Å²) in [4.78, 5) is 22.5. The molecule has 3 heterocycles. The Labute approximate surface area is 198 Å². The van der Waals surface area contributed by atoms with Gasteiger partial charge in [-0.15, -0.1) is 11.3 Å². The lowest BCUT2D eigenvalue weighted by Crippen LogP contribution is -2.48. The number of nitrogens with one attached hydrogen (secondary N) is 1. The number of ether oxygens (including phenoxy) is 1. The van der Waals surface area contributed by atoms with Gasteiger partial charge in [-0.05, 0) is 59.3 Å². The van der Waals surface area contributed by atoms with E-state index in [-0.39, 0.29) is 5.91 Å². The fourth-order valence-corrected chi connectivity index (χ4v) is 5.38. The van der Waals surface area contributed by atoms with Crippen LogP contribution in [0.5, 0.6) is 5.75 Å². The molecule has 1 aliphatic rings. The molecule has 0 saturated carbocycles. The van der Waals surface area contributed by atoms with Crippen molar-refractivity contribution in [3.8, 4) is 17.0 Å². The topological polar surface area (TPSA) is 48.6 Å². The van der Waals surface area contributed by atoms with Gasteiger partial charge in [-0.2, -0.15) is 0 Å². The minimum absolute atomic E-state index is 0.247. The number of amides is 1. The van der Waals surface area contributed by atoms with Crippen LogP contribution in [0.15, 0.2) is 66.0 Å². The molecule has 4 aromatic rings. The molecule has 0 bridgehead atoms. The van der Waals surface area contributed by atoms with Crippen molar-refractivity contribution >= 4 is 28.1 Å². The van der Waals surface area contributed by atoms with Crippen LogP contribution in [-0.2, 0) is 17.8 Å². The lowest BCUT2D eigenvalue weighted by molar-refractivity contribution is -0.132. The highest BCUT2D eigenvalue weighted by atomic mass is 32.1. The zero-order chi connectivity index (χ0) is 22.6. The van der Waals surface area contributed by atoms with Gasteiger partial charge in [-0.25, -0.2) is 0 Å². The molecule has 170 valence electrons. The van der Waals surface area contributed by atoms with Crippen molar-refractivity contribution in [2.24, 2.45) is 0 Å². The van der Waals surface area contributed by atoms with E-state index in [4.69, 9.17) is 4.74 Å². The lowest BCUT2D eigenvalue weighted by atomic mass is 10.0. The molecular formula is C27H29N3O2S. The van der Waals surface area contributed by atoms with Crippen LogP contribution in [-0.4, -0.2) is 54.0 Å². The normalized spacial score (nSPS) is 14.6. The second-order valence-corrected chi connectivity index (χ2v) is 9.52. The molecular weight excluding hydrogens is 430 g/mol. The first-order valence-corrected chi connectivity index (χ1v) is 12.4. The quantitative estimate of drug-likeness (QED) is 0.414. The molecule has 2 aromatic heterocycles. The molecule has 1 saturated heterocycles. The Kier molecular flexibility index (Phi) is 6.46. The number of aromatic amines is 1. The lowest BCUT2D eigenvalue weighted by Gasteiger charge is -2.34. The molecule has 0 aliphatic carbocycles. The van der Waals surface area contributed by atoms with Gasteiger partial charge in [0.2, 0.25) is 5.91 Å². The van der Waals surface area contributed by atoms with E-state index in [1.165, 1.54) is 15.8 Å². The van der Waals surface area contributed by atoms with Crippen LogP contribution in [0.3, 0.4) is 0 Å². The van der Waals surface area contributed by atoms with Gasteiger partial charge >= 0.3 is 0 Å². The number of benzene rings is 2. The third kappa shape index (κ3) is 4.82. The number of nitrogens with zero attached hydrogens (tertiary/aromatic N) is 2. The number of fused-ring (bicyclic) bond motifs is 1. The number of methoxy groups -OCH3 is 1. The van der Waals surface area contributed by atoms with Crippen LogP contribution in [0.25, 0.3) is 22.2 Å². The van der Waals surface area contributed by atoms with Crippen molar-refractivity contribution in [2.45, 2.75) is 19.4 Å². The molecule has 0 atom stereocenters. The summed E-state index contributed by atoms with van der Waals surface area (Å²) in [5.74, 6) is 1.08. The Balaban J connectivity index is 1.27. The number of piperazine rings is 1. The molecule has 1 fully saturated rings. The zero-order valence-electron chi connectivity index (χ0n) is 18.9. The number of thiophene rings is 1. The highest BCUT2D eigenvalue weighted by molar-refractivity contribution is 7.09. The molecule has 0 spiro atoms. The smallest absolute Gasteiger partial charge is 0.222 e. The number of hydrogen-bond acceptors (Lipinski definition) is 4. The maximum absolute atomic E-state index is 13.1. The summed E-state index contributed by atoms with van der Waals surface area (Å²) in [6, 6.07) is 20.7. The fraction of sp³-hybridized carbons (Fsp3) is 0.296. The highest BCUT2D eigenvalue weighted by Crippen LogP contribution is 2.32. The Morgan fingerprint density at radius 1 is 1.00 bits per heavy atom. The molecule has 1 N–H and O–H groups in total. The van der Waals surface area contributed by atoms with E-state index in [1.54, 1.807) is 18.4 Å². The number of carbonyl (C=O) groups excluding carboxylic acids is 1. The predicted octanol–water partition coefficient (Wildman–Crippen LogP) is 5.18. The SMILES string of the molecule is COc1ccc(-c2[nH]c3ccccc3c2CCC(=O)N2CCN(Cc3cccs3)CC2)cc1. The average Bonchev–Trinajstić information content (AvgIpc) is 3.51. The highest BCUT2D eigenvalue weighted by Gasteiger charge is 2.22. The Hall–Kier alpha value is -3.09. The van der Waals surface area contributed by atoms with Crippen molar-refractivity contribution < 1.29 is 9.53 Å². The van der Waals surface area contributed by atoms with Gasteiger partial charge in [0, 0.05) is 60.6 Å². The first-order valence-electron chi connectivity index (χ1n) is 11.5. The minimum atomic E-state index is 0.247. The Bertz CT molecular complexity index is 1210. The molecule has 1 amide bonds. The largest absolute Gasteiger partial charge is 0.497 e. The molecule has 5 nitrogen and oxygen atoms in total. The van der Waals surface area contributed by atoms with Crippen molar-refractivity contribution in [1.29, 1.82) is 0 Å². The van der Waals surface area contributed by atoms with Crippen molar-refractivity contribution in [3.63, 3.8) is 0 Å². The van der Waals surface area contributed by atoms with E-state index in [0.717, 1.165) is 61.7 Å². The van der Waals surface area contributed by atoms with Gasteiger partial charge in [0.15, 0.2) is 0 Å². The van der Waals surface area contributed by atoms with Crippen LogP contribution in [0, 0.1) is 0 Å². The van der Waals surface area contributed by atoms with E-state index in [0.29, 0.717) is 6.42 Å². The molecule has 2 aromatic carbocycles. The summed E-state index contributed by atoms with van der Waals surface area (Å²) >= 11 is 1.80. The van der Waals surface area contributed by atoms with Crippen LogP contribution in [0.2, 0.25) is 0 Å². The molecule has 0 radical (unpaired) electrons. The third-order valence-corrected chi connectivity index (χ3v) is 7.33. The fourth-order valence-electron chi connectivity index (χ4n) is 4.63.